The van der Waals surface area contributed by atoms with Gasteiger partial charge in [-0.3, -0.25) is 9.59 Å². The van der Waals surface area contributed by atoms with E-state index in [0.29, 0.717) is 6.42 Å². The Kier molecular flexibility index (Phi) is 35.8. The van der Waals surface area contributed by atoms with Crippen LogP contribution in [0.25, 0.3) is 0 Å². The number of likely N-dealkylation sites (N-methyl/N-ethyl adjacent to an activating group) is 1. The van der Waals surface area contributed by atoms with E-state index in [1.807, 2.05) is 0 Å². The van der Waals surface area contributed by atoms with E-state index in [-0.39, 0.29) is 49.1 Å². The zero-order valence-electron chi connectivity index (χ0n) is 35.6. The molecule has 0 heterocycles. The van der Waals surface area contributed by atoms with Gasteiger partial charge in [-0.1, -0.05) is 159 Å². The molecular formula is C46H83NO7. The van der Waals surface area contributed by atoms with Crippen LogP contribution < -0.4 is 5.11 Å². The summed E-state index contributed by atoms with van der Waals surface area (Å²) in [5.74, 6) is -1.77. The molecule has 0 aliphatic heterocycles. The first-order valence-electron chi connectivity index (χ1n) is 22.0. The summed E-state index contributed by atoms with van der Waals surface area (Å²) in [4.78, 5) is 36.8. The molecule has 0 fully saturated rings. The molecule has 0 bridgehead atoms. The van der Waals surface area contributed by atoms with Gasteiger partial charge < -0.3 is 28.6 Å². The number of carbonyl (C=O) groups excluding carboxylic acids is 3. The van der Waals surface area contributed by atoms with Crippen molar-refractivity contribution in [2.24, 2.45) is 0 Å². The molecule has 8 heteroatoms. The van der Waals surface area contributed by atoms with Crippen LogP contribution in [0.1, 0.15) is 187 Å². The van der Waals surface area contributed by atoms with E-state index in [4.69, 9.17) is 14.2 Å². The van der Waals surface area contributed by atoms with Crippen molar-refractivity contribution in [3.05, 3.63) is 36.5 Å². The third-order valence-corrected chi connectivity index (χ3v) is 9.79. The van der Waals surface area contributed by atoms with Gasteiger partial charge in [-0.05, 0) is 44.9 Å². The molecule has 0 aromatic heterocycles. The van der Waals surface area contributed by atoms with Crippen molar-refractivity contribution in [2.45, 2.75) is 199 Å². The summed E-state index contributed by atoms with van der Waals surface area (Å²) < 4.78 is 17.1. The number of carboxylic acids is 1. The Morgan fingerprint density at radius 3 is 1.54 bits per heavy atom. The molecule has 8 nitrogen and oxygen atoms in total. The van der Waals surface area contributed by atoms with E-state index in [9.17, 15) is 19.5 Å². The first-order valence-corrected chi connectivity index (χ1v) is 22.0. The van der Waals surface area contributed by atoms with E-state index in [1.54, 1.807) is 21.1 Å². The molecule has 0 aromatic carbocycles. The predicted molar refractivity (Wildman–Crippen MR) is 222 cm³/mol. The molecular weight excluding hydrogens is 679 g/mol. The van der Waals surface area contributed by atoms with Gasteiger partial charge in [0.15, 0.2) is 6.10 Å². The summed E-state index contributed by atoms with van der Waals surface area (Å²) in [5, 5.41) is 11.6. The molecule has 0 aliphatic carbocycles. The lowest BCUT2D eigenvalue weighted by Crippen LogP contribution is -2.55. The monoisotopic (exact) mass is 762 g/mol. The summed E-state index contributed by atoms with van der Waals surface area (Å²) in [6.45, 7) is 4.52. The zero-order valence-corrected chi connectivity index (χ0v) is 35.6. The number of aliphatic carboxylic acids is 1. The number of ether oxygens (including phenoxy) is 3. The first kappa shape index (κ1) is 51.5. The average Bonchev–Trinajstić information content (AvgIpc) is 3.12. The Hall–Kier alpha value is -2.45. The number of carbonyl (C=O) groups is 3. The summed E-state index contributed by atoms with van der Waals surface area (Å²) in [6.07, 6.45) is 41.7. The molecule has 0 saturated carbocycles. The highest BCUT2D eigenvalue weighted by molar-refractivity contribution is 5.70. The van der Waals surface area contributed by atoms with Gasteiger partial charge in [0.2, 0.25) is 0 Å². The van der Waals surface area contributed by atoms with Crippen LogP contribution >= 0.6 is 0 Å². The third kappa shape index (κ3) is 35.3. The highest BCUT2D eigenvalue weighted by Crippen LogP contribution is 2.15. The Bertz CT molecular complexity index is 984. The van der Waals surface area contributed by atoms with Crippen molar-refractivity contribution in [3.63, 3.8) is 0 Å². The molecule has 0 N–H and O–H groups in total. The maximum Gasteiger partial charge on any atom is 0.306 e. The number of rotatable bonds is 39. The molecule has 0 saturated heterocycles. The van der Waals surface area contributed by atoms with Crippen LogP contribution in [0.5, 0.6) is 0 Å². The number of hydrogen-bond donors (Lipinski definition) is 0. The minimum absolute atomic E-state index is 0.0309. The first-order chi connectivity index (χ1) is 26.1. The van der Waals surface area contributed by atoms with E-state index in [0.717, 1.165) is 64.2 Å². The van der Waals surface area contributed by atoms with Crippen molar-refractivity contribution in [2.75, 3.05) is 41.0 Å². The fraction of sp³-hybridized carbons (Fsp3) is 0.804. The molecule has 314 valence electrons. The van der Waals surface area contributed by atoms with Gasteiger partial charge in [0.25, 0.3) is 0 Å². The van der Waals surface area contributed by atoms with Crippen LogP contribution in [0.4, 0.5) is 0 Å². The highest BCUT2D eigenvalue weighted by Gasteiger charge is 2.25. The Morgan fingerprint density at radius 2 is 1.04 bits per heavy atom. The van der Waals surface area contributed by atoms with Crippen LogP contribution in [0, 0.1) is 0 Å². The number of unbranched alkanes of at least 4 members (excludes halogenated alkanes) is 19. The Morgan fingerprint density at radius 1 is 0.574 bits per heavy atom. The quantitative estimate of drug-likeness (QED) is 0.0266. The minimum atomic E-state index is -1.13. The predicted octanol–water partition coefficient (Wildman–Crippen LogP) is 10.5. The second kappa shape index (κ2) is 37.5. The van der Waals surface area contributed by atoms with E-state index >= 15 is 0 Å². The number of quaternary nitrogens is 1. The second-order valence-electron chi connectivity index (χ2n) is 15.9. The molecule has 0 aliphatic rings. The van der Waals surface area contributed by atoms with Crippen LogP contribution in [0.15, 0.2) is 36.5 Å². The van der Waals surface area contributed by atoms with Gasteiger partial charge in [0.05, 0.1) is 40.3 Å². The summed E-state index contributed by atoms with van der Waals surface area (Å²) in [5.41, 5.74) is 0. The molecule has 0 amide bonds. The van der Waals surface area contributed by atoms with Crippen molar-refractivity contribution >= 4 is 17.9 Å². The van der Waals surface area contributed by atoms with Crippen LogP contribution in [0.2, 0.25) is 0 Å². The van der Waals surface area contributed by atoms with Gasteiger partial charge in [-0.15, -0.1) is 0 Å². The van der Waals surface area contributed by atoms with Crippen molar-refractivity contribution < 1.29 is 38.2 Å². The van der Waals surface area contributed by atoms with E-state index < -0.39 is 18.1 Å². The Balaban J connectivity index is 4.34. The fourth-order valence-electron chi connectivity index (χ4n) is 6.38. The third-order valence-electron chi connectivity index (χ3n) is 9.79. The smallest absolute Gasteiger partial charge is 0.306 e. The lowest BCUT2D eigenvalue weighted by Gasteiger charge is -2.34. The van der Waals surface area contributed by atoms with Gasteiger partial charge in [-0.2, -0.15) is 0 Å². The van der Waals surface area contributed by atoms with E-state index in [2.05, 4.69) is 50.3 Å². The number of nitrogens with zero attached hydrogens (tertiary/aromatic N) is 1. The molecule has 0 spiro atoms. The molecule has 0 rings (SSSR count). The SMILES string of the molecule is CC/C=C\C/C=C\C/C=C\CCCCCC(=O)OC(COCCC(C(=O)[O-])[N+](C)(C)C)COC(=O)CCCCCCCCCCCCCCCCCCC. The molecule has 2 atom stereocenters. The lowest BCUT2D eigenvalue weighted by atomic mass is 10.0. The molecule has 0 radical (unpaired) electrons. The van der Waals surface area contributed by atoms with Crippen molar-refractivity contribution in [3.8, 4) is 0 Å². The van der Waals surface area contributed by atoms with Gasteiger partial charge in [0.1, 0.15) is 12.6 Å². The maximum atomic E-state index is 12.7. The summed E-state index contributed by atoms with van der Waals surface area (Å²) in [7, 11) is 5.39. The fourth-order valence-corrected chi connectivity index (χ4v) is 6.38. The normalized spacial score (nSPS) is 13.3. The topological polar surface area (TPSA) is 102 Å². The van der Waals surface area contributed by atoms with Gasteiger partial charge >= 0.3 is 11.9 Å². The number of carboxylic acid groups (broad SMARTS) is 1. The van der Waals surface area contributed by atoms with Gasteiger partial charge in [0, 0.05) is 19.3 Å². The Labute approximate surface area is 332 Å². The van der Waals surface area contributed by atoms with Crippen molar-refractivity contribution in [1.82, 2.24) is 0 Å². The van der Waals surface area contributed by atoms with Crippen LogP contribution in [-0.2, 0) is 28.6 Å². The van der Waals surface area contributed by atoms with Gasteiger partial charge in [-0.25, -0.2) is 0 Å². The number of hydrogen-bond acceptors (Lipinski definition) is 7. The minimum Gasteiger partial charge on any atom is -0.544 e. The largest absolute Gasteiger partial charge is 0.544 e. The second-order valence-corrected chi connectivity index (χ2v) is 15.9. The standard InChI is InChI=1S/C46H83NO7/c1-6-8-10-12-14-16-18-20-21-22-23-25-26-28-30-32-34-36-44(48)53-41-42(40-52-39-38-43(46(50)51)47(3,4)5)54-45(49)37-35-33-31-29-27-24-19-17-15-13-11-9-7-2/h9,11,15,17,24,27,42-43H,6-8,10,12-14,16,18-23,25-26,28-41H2,1-5H3/b11-9-,17-15-,27-24-. The lowest BCUT2D eigenvalue weighted by molar-refractivity contribution is -0.889. The number of esters is 2. The number of allylic oxidation sites excluding steroid dienone is 6. The zero-order chi connectivity index (χ0) is 40.0. The molecule has 2 unspecified atom stereocenters. The maximum absolute atomic E-state index is 12.7. The van der Waals surface area contributed by atoms with Crippen LogP contribution in [-0.4, -0.2) is 75.5 Å². The highest BCUT2D eigenvalue weighted by atomic mass is 16.6. The molecule has 54 heavy (non-hydrogen) atoms. The van der Waals surface area contributed by atoms with Crippen LogP contribution in [0.3, 0.4) is 0 Å². The van der Waals surface area contributed by atoms with Crippen molar-refractivity contribution in [1.29, 1.82) is 0 Å². The average molecular weight is 762 g/mol. The summed E-state index contributed by atoms with van der Waals surface area (Å²) in [6, 6.07) is -0.729. The molecule has 0 aromatic rings. The summed E-state index contributed by atoms with van der Waals surface area (Å²) >= 11 is 0. The van der Waals surface area contributed by atoms with E-state index in [1.165, 1.54) is 89.9 Å².